The maximum Gasteiger partial charge on any atom is 0.208 e. The molecule has 0 aliphatic rings. The normalized spacial score (nSPS) is 10.4. The molecule has 2 rings (SSSR count). The van der Waals surface area contributed by atoms with Gasteiger partial charge >= 0.3 is 0 Å². The van der Waals surface area contributed by atoms with Crippen molar-refractivity contribution in [3.8, 4) is 0 Å². The van der Waals surface area contributed by atoms with E-state index in [0.717, 1.165) is 17.8 Å². The summed E-state index contributed by atoms with van der Waals surface area (Å²) < 4.78 is 0. The van der Waals surface area contributed by atoms with Crippen molar-refractivity contribution in [2.75, 3.05) is 5.73 Å². The molecule has 0 atom stereocenters. The lowest BCUT2D eigenvalue weighted by atomic mass is 10.2. The van der Waals surface area contributed by atoms with Crippen LogP contribution in [0.1, 0.15) is 33.6 Å². The standard InChI is InChI=1S/C12H13N3OS/c1-2-4-9-15-12(13)11(17-9)10(16)8-5-3-6-14-7-8/h3,5-7H,2,4,13H2,1H3. The molecule has 2 heterocycles. The molecular formula is C12H13N3OS. The smallest absolute Gasteiger partial charge is 0.208 e. The number of aromatic nitrogens is 2. The van der Waals surface area contributed by atoms with Crippen LogP contribution in [0.4, 0.5) is 5.82 Å². The topological polar surface area (TPSA) is 68.9 Å². The quantitative estimate of drug-likeness (QED) is 0.842. The highest BCUT2D eigenvalue weighted by atomic mass is 32.1. The molecule has 0 saturated heterocycles. The van der Waals surface area contributed by atoms with E-state index in [9.17, 15) is 4.79 Å². The van der Waals surface area contributed by atoms with Crippen LogP contribution in [0.5, 0.6) is 0 Å². The first-order chi connectivity index (χ1) is 8.22. The van der Waals surface area contributed by atoms with E-state index in [1.165, 1.54) is 11.3 Å². The van der Waals surface area contributed by atoms with Gasteiger partial charge in [-0.1, -0.05) is 6.92 Å². The van der Waals surface area contributed by atoms with Gasteiger partial charge in [0.25, 0.3) is 0 Å². The van der Waals surface area contributed by atoms with Crippen molar-refractivity contribution < 1.29 is 4.79 Å². The summed E-state index contributed by atoms with van der Waals surface area (Å²) in [5.74, 6) is 0.225. The van der Waals surface area contributed by atoms with Crippen LogP contribution in [0.25, 0.3) is 0 Å². The second kappa shape index (κ2) is 5.05. The molecular weight excluding hydrogens is 234 g/mol. The van der Waals surface area contributed by atoms with Gasteiger partial charge in [-0.25, -0.2) is 4.98 Å². The van der Waals surface area contributed by atoms with Crippen molar-refractivity contribution in [1.29, 1.82) is 0 Å². The zero-order valence-electron chi connectivity index (χ0n) is 9.51. The fourth-order valence-corrected chi connectivity index (χ4v) is 2.54. The molecule has 0 bridgehead atoms. The monoisotopic (exact) mass is 247 g/mol. The Bertz CT molecular complexity index is 522. The Morgan fingerprint density at radius 2 is 2.35 bits per heavy atom. The Morgan fingerprint density at radius 1 is 1.53 bits per heavy atom. The minimum absolute atomic E-state index is 0.101. The van der Waals surface area contributed by atoms with Crippen LogP contribution >= 0.6 is 11.3 Å². The largest absolute Gasteiger partial charge is 0.382 e. The lowest BCUT2D eigenvalue weighted by Crippen LogP contribution is -2.02. The van der Waals surface area contributed by atoms with Gasteiger partial charge in [0, 0.05) is 18.0 Å². The molecule has 0 fully saturated rings. The summed E-state index contributed by atoms with van der Waals surface area (Å²) in [6, 6.07) is 3.46. The van der Waals surface area contributed by atoms with Crippen molar-refractivity contribution >= 4 is 22.9 Å². The van der Waals surface area contributed by atoms with Crippen LogP contribution in [0.15, 0.2) is 24.5 Å². The molecule has 5 heteroatoms. The average molecular weight is 247 g/mol. The first-order valence-corrected chi connectivity index (χ1v) is 6.24. The summed E-state index contributed by atoms with van der Waals surface area (Å²) in [5, 5.41) is 0.914. The van der Waals surface area contributed by atoms with Gasteiger partial charge in [-0.15, -0.1) is 11.3 Å². The highest BCUT2D eigenvalue weighted by molar-refractivity contribution is 7.14. The minimum atomic E-state index is -0.101. The molecule has 0 amide bonds. The summed E-state index contributed by atoms with van der Waals surface area (Å²) in [6.45, 7) is 2.07. The van der Waals surface area contributed by atoms with Crippen LogP contribution in [-0.4, -0.2) is 15.8 Å². The van der Waals surface area contributed by atoms with E-state index >= 15 is 0 Å². The van der Waals surface area contributed by atoms with E-state index in [4.69, 9.17) is 5.73 Å². The predicted octanol–water partition coefficient (Wildman–Crippen LogP) is 2.30. The van der Waals surface area contributed by atoms with Gasteiger partial charge < -0.3 is 5.73 Å². The number of ketones is 1. The number of nitrogens with two attached hydrogens (primary N) is 1. The zero-order chi connectivity index (χ0) is 12.3. The summed E-state index contributed by atoms with van der Waals surface area (Å²) in [7, 11) is 0. The summed E-state index contributed by atoms with van der Waals surface area (Å²) in [5.41, 5.74) is 6.32. The maximum atomic E-state index is 12.1. The van der Waals surface area contributed by atoms with Gasteiger partial charge in [0.1, 0.15) is 10.7 Å². The molecule has 2 aromatic heterocycles. The Kier molecular flexibility index (Phi) is 3.49. The molecule has 0 unspecified atom stereocenters. The number of hydrogen-bond acceptors (Lipinski definition) is 5. The van der Waals surface area contributed by atoms with Gasteiger partial charge in [0.05, 0.1) is 5.01 Å². The van der Waals surface area contributed by atoms with Crippen LogP contribution in [0.2, 0.25) is 0 Å². The summed E-state index contributed by atoms with van der Waals surface area (Å²) >= 11 is 1.37. The number of pyridine rings is 1. The average Bonchev–Trinajstić information content (AvgIpc) is 2.71. The highest BCUT2D eigenvalue weighted by Crippen LogP contribution is 2.24. The first-order valence-electron chi connectivity index (χ1n) is 5.42. The van der Waals surface area contributed by atoms with Crippen LogP contribution in [0.3, 0.4) is 0 Å². The Balaban J connectivity index is 2.31. The van der Waals surface area contributed by atoms with Crippen LogP contribution < -0.4 is 5.73 Å². The van der Waals surface area contributed by atoms with Gasteiger partial charge in [-0.2, -0.15) is 0 Å². The molecule has 0 saturated carbocycles. The summed E-state index contributed by atoms with van der Waals surface area (Å²) in [6.07, 6.45) is 5.03. The molecule has 0 spiro atoms. The fraction of sp³-hybridized carbons (Fsp3) is 0.250. The van der Waals surface area contributed by atoms with Crippen molar-refractivity contribution in [3.63, 3.8) is 0 Å². The second-order valence-electron chi connectivity index (χ2n) is 3.64. The predicted molar refractivity (Wildman–Crippen MR) is 68.2 cm³/mol. The molecule has 0 aliphatic carbocycles. The zero-order valence-corrected chi connectivity index (χ0v) is 10.3. The minimum Gasteiger partial charge on any atom is -0.382 e. The van der Waals surface area contributed by atoms with Crippen molar-refractivity contribution in [1.82, 2.24) is 9.97 Å². The molecule has 17 heavy (non-hydrogen) atoms. The lowest BCUT2D eigenvalue weighted by Gasteiger charge is -1.96. The Hall–Kier alpha value is -1.75. The van der Waals surface area contributed by atoms with Crippen LogP contribution in [0, 0.1) is 0 Å². The summed E-state index contributed by atoms with van der Waals surface area (Å²) in [4.78, 5) is 20.8. The molecule has 2 N–H and O–H groups in total. The third-order valence-electron chi connectivity index (χ3n) is 2.29. The number of rotatable bonds is 4. The fourth-order valence-electron chi connectivity index (χ4n) is 1.49. The number of carbonyl (C=O) groups excluding carboxylic acids is 1. The molecule has 0 aliphatic heterocycles. The third kappa shape index (κ3) is 2.50. The van der Waals surface area contributed by atoms with E-state index in [2.05, 4.69) is 16.9 Å². The number of anilines is 1. The highest BCUT2D eigenvalue weighted by Gasteiger charge is 2.17. The molecule has 0 radical (unpaired) electrons. The number of carbonyl (C=O) groups is 1. The van der Waals surface area contributed by atoms with E-state index in [1.807, 2.05) is 0 Å². The van der Waals surface area contributed by atoms with Crippen LogP contribution in [-0.2, 0) is 6.42 Å². The Morgan fingerprint density at radius 3 is 3.00 bits per heavy atom. The maximum absolute atomic E-state index is 12.1. The van der Waals surface area contributed by atoms with E-state index in [0.29, 0.717) is 16.3 Å². The van der Waals surface area contributed by atoms with Gasteiger partial charge in [-0.3, -0.25) is 9.78 Å². The Labute approximate surface area is 104 Å². The number of nitrogen functional groups attached to an aromatic ring is 1. The lowest BCUT2D eigenvalue weighted by molar-refractivity contribution is 0.104. The van der Waals surface area contributed by atoms with Crippen molar-refractivity contribution in [3.05, 3.63) is 40.0 Å². The second-order valence-corrected chi connectivity index (χ2v) is 4.73. The molecule has 88 valence electrons. The first kappa shape index (κ1) is 11.7. The van der Waals surface area contributed by atoms with E-state index in [-0.39, 0.29) is 5.78 Å². The van der Waals surface area contributed by atoms with Gasteiger partial charge in [0.15, 0.2) is 0 Å². The van der Waals surface area contributed by atoms with E-state index < -0.39 is 0 Å². The molecule has 0 aromatic carbocycles. The SMILES string of the molecule is CCCc1nc(N)c(C(=O)c2cccnc2)s1. The molecule has 4 nitrogen and oxygen atoms in total. The number of hydrogen-bond donors (Lipinski definition) is 1. The number of aryl methyl sites for hydroxylation is 1. The van der Waals surface area contributed by atoms with Gasteiger partial charge in [0.2, 0.25) is 5.78 Å². The number of nitrogens with zero attached hydrogens (tertiary/aromatic N) is 2. The third-order valence-corrected chi connectivity index (χ3v) is 3.42. The van der Waals surface area contributed by atoms with Gasteiger partial charge in [-0.05, 0) is 25.0 Å². The number of thiazole rings is 1. The molecule has 2 aromatic rings. The van der Waals surface area contributed by atoms with Crippen molar-refractivity contribution in [2.24, 2.45) is 0 Å². The van der Waals surface area contributed by atoms with Crippen molar-refractivity contribution in [2.45, 2.75) is 19.8 Å². The van der Waals surface area contributed by atoms with E-state index in [1.54, 1.807) is 24.5 Å².